The van der Waals surface area contributed by atoms with Crippen LogP contribution in [0.4, 0.5) is 0 Å². The fourth-order valence-electron chi connectivity index (χ4n) is 1.57. The van der Waals surface area contributed by atoms with Crippen molar-refractivity contribution in [3.63, 3.8) is 0 Å². The van der Waals surface area contributed by atoms with Crippen LogP contribution in [0.15, 0.2) is 35.7 Å². The van der Waals surface area contributed by atoms with E-state index in [0.717, 1.165) is 16.2 Å². The van der Waals surface area contributed by atoms with Gasteiger partial charge in [-0.3, -0.25) is 0 Å². The summed E-state index contributed by atoms with van der Waals surface area (Å²) >= 11 is 7.60. The van der Waals surface area contributed by atoms with Crippen LogP contribution in [0.3, 0.4) is 0 Å². The number of rotatable bonds is 3. The molecule has 1 heterocycles. The Balaban J connectivity index is 2.42. The van der Waals surface area contributed by atoms with Gasteiger partial charge in [0.05, 0.1) is 13.2 Å². The largest absolute Gasteiger partial charge is 0.496 e. The van der Waals surface area contributed by atoms with E-state index in [0.29, 0.717) is 5.02 Å². The molecule has 0 spiro atoms. The molecule has 0 fully saturated rings. The maximum atomic E-state index is 6.18. The van der Waals surface area contributed by atoms with Crippen molar-refractivity contribution >= 4 is 22.9 Å². The topological polar surface area (TPSA) is 35.2 Å². The summed E-state index contributed by atoms with van der Waals surface area (Å²) in [4.78, 5) is 1.10. The van der Waals surface area contributed by atoms with E-state index in [1.807, 2.05) is 29.6 Å². The molecule has 0 saturated carbocycles. The Kier molecular flexibility index (Phi) is 3.49. The summed E-state index contributed by atoms with van der Waals surface area (Å²) < 4.78 is 5.29. The van der Waals surface area contributed by atoms with Gasteiger partial charge in [0.2, 0.25) is 0 Å². The highest BCUT2D eigenvalue weighted by Gasteiger charge is 2.15. The summed E-state index contributed by atoms with van der Waals surface area (Å²) in [6.07, 6.45) is 0. The van der Waals surface area contributed by atoms with Crippen molar-refractivity contribution in [3.05, 3.63) is 51.2 Å². The van der Waals surface area contributed by atoms with Gasteiger partial charge in [-0.25, -0.2) is 0 Å². The zero-order valence-corrected chi connectivity index (χ0v) is 10.4. The predicted molar refractivity (Wildman–Crippen MR) is 68.4 cm³/mol. The average Bonchev–Trinajstić information content (AvgIpc) is 2.81. The molecule has 0 saturated heterocycles. The van der Waals surface area contributed by atoms with Crippen molar-refractivity contribution < 1.29 is 4.74 Å². The van der Waals surface area contributed by atoms with Gasteiger partial charge in [-0.1, -0.05) is 17.7 Å². The maximum absolute atomic E-state index is 6.18. The Morgan fingerprint density at radius 2 is 2.19 bits per heavy atom. The monoisotopic (exact) mass is 253 g/mol. The van der Waals surface area contributed by atoms with Gasteiger partial charge in [-0.2, -0.15) is 0 Å². The minimum absolute atomic E-state index is 0.186. The van der Waals surface area contributed by atoms with E-state index in [4.69, 9.17) is 22.1 Å². The number of nitrogens with two attached hydrogens (primary N) is 1. The van der Waals surface area contributed by atoms with Crippen LogP contribution < -0.4 is 10.5 Å². The maximum Gasteiger partial charge on any atom is 0.124 e. The highest BCUT2D eigenvalue weighted by atomic mass is 35.5. The molecular formula is C12H12ClNOS. The summed E-state index contributed by atoms with van der Waals surface area (Å²) in [7, 11) is 1.63. The lowest BCUT2D eigenvalue weighted by molar-refractivity contribution is 0.408. The fraction of sp³-hybridized carbons (Fsp3) is 0.167. The number of methoxy groups -OCH3 is 1. The first-order valence-electron chi connectivity index (χ1n) is 4.85. The second-order valence-corrected chi connectivity index (χ2v) is 4.80. The molecule has 16 heavy (non-hydrogen) atoms. The first-order valence-corrected chi connectivity index (χ1v) is 6.10. The van der Waals surface area contributed by atoms with E-state index in [-0.39, 0.29) is 6.04 Å². The molecule has 0 unspecified atom stereocenters. The van der Waals surface area contributed by atoms with E-state index in [9.17, 15) is 0 Å². The van der Waals surface area contributed by atoms with Crippen molar-refractivity contribution in [3.8, 4) is 5.75 Å². The fourth-order valence-corrected chi connectivity index (χ4v) is 2.50. The standard InChI is InChI=1S/C12H12ClNOS/c1-15-10-5-4-8(13)7-9(10)12(14)11-3-2-6-16-11/h2-7,12H,14H2,1H3/t12-/m1/s1. The van der Waals surface area contributed by atoms with Gasteiger partial charge in [-0.15, -0.1) is 11.3 Å². The molecule has 2 aromatic rings. The number of hydrogen-bond acceptors (Lipinski definition) is 3. The van der Waals surface area contributed by atoms with Crippen molar-refractivity contribution in [2.45, 2.75) is 6.04 Å². The zero-order valence-electron chi connectivity index (χ0n) is 8.81. The number of ether oxygens (including phenoxy) is 1. The van der Waals surface area contributed by atoms with Gasteiger partial charge in [0.1, 0.15) is 5.75 Å². The molecular weight excluding hydrogens is 242 g/mol. The summed E-state index contributed by atoms with van der Waals surface area (Å²) in [5, 5.41) is 2.68. The molecule has 2 nitrogen and oxygen atoms in total. The molecule has 2 rings (SSSR count). The molecule has 2 N–H and O–H groups in total. The first kappa shape index (κ1) is 11.5. The van der Waals surface area contributed by atoms with E-state index < -0.39 is 0 Å². The van der Waals surface area contributed by atoms with E-state index in [1.54, 1.807) is 24.5 Å². The SMILES string of the molecule is COc1ccc(Cl)cc1[C@@H](N)c1cccs1. The van der Waals surface area contributed by atoms with Gasteiger partial charge in [0.15, 0.2) is 0 Å². The number of thiophene rings is 1. The Morgan fingerprint density at radius 3 is 2.81 bits per heavy atom. The molecule has 0 bridgehead atoms. The smallest absolute Gasteiger partial charge is 0.124 e. The third-order valence-electron chi connectivity index (χ3n) is 2.38. The molecule has 1 aromatic heterocycles. The predicted octanol–water partition coefficient (Wildman–Crippen LogP) is 3.46. The van der Waals surface area contributed by atoms with Gasteiger partial charge in [-0.05, 0) is 29.6 Å². The summed E-state index contributed by atoms with van der Waals surface area (Å²) in [5.41, 5.74) is 7.09. The highest BCUT2D eigenvalue weighted by molar-refractivity contribution is 7.10. The van der Waals surface area contributed by atoms with E-state index in [2.05, 4.69) is 0 Å². The quantitative estimate of drug-likeness (QED) is 0.909. The van der Waals surface area contributed by atoms with Crippen LogP contribution >= 0.6 is 22.9 Å². The van der Waals surface area contributed by atoms with Crippen LogP contribution in [0.2, 0.25) is 5.02 Å². The number of halogens is 1. The van der Waals surface area contributed by atoms with E-state index >= 15 is 0 Å². The van der Waals surface area contributed by atoms with Gasteiger partial charge in [0.25, 0.3) is 0 Å². The molecule has 0 aliphatic heterocycles. The van der Waals surface area contributed by atoms with Crippen LogP contribution in [-0.4, -0.2) is 7.11 Å². The van der Waals surface area contributed by atoms with Crippen LogP contribution in [0.25, 0.3) is 0 Å². The van der Waals surface area contributed by atoms with Crippen molar-refractivity contribution in [2.24, 2.45) is 5.73 Å². The van der Waals surface area contributed by atoms with Crippen molar-refractivity contribution in [1.82, 2.24) is 0 Å². The molecule has 0 aliphatic rings. The Hall–Kier alpha value is -1.03. The molecule has 84 valence electrons. The molecule has 0 aliphatic carbocycles. The van der Waals surface area contributed by atoms with Crippen LogP contribution in [0.5, 0.6) is 5.75 Å². The lowest BCUT2D eigenvalue weighted by atomic mass is 10.1. The second kappa shape index (κ2) is 4.87. The number of benzene rings is 1. The van der Waals surface area contributed by atoms with Gasteiger partial charge >= 0.3 is 0 Å². The Bertz CT molecular complexity index is 470. The minimum atomic E-state index is -0.186. The van der Waals surface area contributed by atoms with Crippen molar-refractivity contribution in [1.29, 1.82) is 0 Å². The zero-order chi connectivity index (χ0) is 11.5. The summed E-state index contributed by atoms with van der Waals surface area (Å²) in [6, 6.07) is 9.29. The van der Waals surface area contributed by atoms with Crippen LogP contribution in [0.1, 0.15) is 16.5 Å². The van der Waals surface area contributed by atoms with Gasteiger partial charge in [0, 0.05) is 15.5 Å². The molecule has 1 atom stereocenters. The van der Waals surface area contributed by atoms with Crippen molar-refractivity contribution in [2.75, 3.05) is 7.11 Å². The highest BCUT2D eigenvalue weighted by Crippen LogP contribution is 2.32. The van der Waals surface area contributed by atoms with Gasteiger partial charge < -0.3 is 10.5 Å². The van der Waals surface area contributed by atoms with Crippen LogP contribution in [-0.2, 0) is 0 Å². The summed E-state index contributed by atoms with van der Waals surface area (Å²) in [5.74, 6) is 0.769. The molecule has 1 aromatic carbocycles. The summed E-state index contributed by atoms with van der Waals surface area (Å²) in [6.45, 7) is 0. The lowest BCUT2D eigenvalue weighted by Crippen LogP contribution is -2.11. The Labute approximate surface area is 104 Å². The first-order chi connectivity index (χ1) is 7.72. The van der Waals surface area contributed by atoms with Crippen LogP contribution in [0, 0.1) is 0 Å². The second-order valence-electron chi connectivity index (χ2n) is 3.38. The van der Waals surface area contributed by atoms with E-state index in [1.165, 1.54) is 0 Å². The third-order valence-corrected chi connectivity index (χ3v) is 3.57. The lowest BCUT2D eigenvalue weighted by Gasteiger charge is -2.14. The normalized spacial score (nSPS) is 12.4. The Morgan fingerprint density at radius 1 is 1.38 bits per heavy atom. The molecule has 0 radical (unpaired) electrons. The third kappa shape index (κ3) is 2.21. The molecule has 4 heteroatoms. The minimum Gasteiger partial charge on any atom is -0.496 e. The molecule has 0 amide bonds. The number of hydrogen-bond donors (Lipinski definition) is 1. The average molecular weight is 254 g/mol.